The molecule has 6 nitrogen and oxygen atoms in total. The van der Waals surface area contributed by atoms with E-state index in [0.29, 0.717) is 24.6 Å². The number of hydrogen-bond donors (Lipinski definition) is 1. The van der Waals surface area contributed by atoms with E-state index >= 15 is 0 Å². The Hall–Kier alpha value is -3.32. The molecule has 0 atom stereocenters. The van der Waals surface area contributed by atoms with E-state index in [9.17, 15) is 13.2 Å². The van der Waals surface area contributed by atoms with Crippen LogP contribution in [0, 0.1) is 0 Å². The molecule has 0 saturated carbocycles. The third-order valence-corrected chi connectivity index (χ3v) is 7.38. The maximum Gasteiger partial charge on any atom is 0.264 e. The van der Waals surface area contributed by atoms with Crippen molar-refractivity contribution in [3.05, 3.63) is 89.5 Å². The molecule has 0 aromatic heterocycles. The first kappa shape index (κ1) is 25.3. The number of rotatable bonds is 11. The topological polar surface area (TPSA) is 75.7 Å². The Kier molecular flexibility index (Phi) is 8.71. The van der Waals surface area contributed by atoms with Gasteiger partial charge in [0.2, 0.25) is 5.91 Å². The van der Waals surface area contributed by atoms with Crippen LogP contribution in [-0.2, 0) is 34.2 Å². The van der Waals surface area contributed by atoms with Gasteiger partial charge in [-0.1, -0.05) is 50.2 Å². The Bertz CT molecular complexity index is 1190. The molecular weight excluding hydrogens is 448 g/mol. The number of hydrogen-bond acceptors (Lipinski definition) is 4. The van der Waals surface area contributed by atoms with Crippen LogP contribution in [0.4, 0.5) is 5.69 Å². The van der Waals surface area contributed by atoms with Gasteiger partial charge in [-0.25, -0.2) is 8.42 Å². The molecule has 3 aromatic carbocycles. The lowest BCUT2D eigenvalue weighted by molar-refractivity contribution is -0.119. The maximum absolute atomic E-state index is 13.5. The van der Waals surface area contributed by atoms with Crippen LogP contribution in [0.1, 0.15) is 37.5 Å². The molecule has 0 unspecified atom stereocenters. The van der Waals surface area contributed by atoms with Gasteiger partial charge in [-0.05, 0) is 72.9 Å². The number of sulfonamides is 1. The predicted molar refractivity (Wildman–Crippen MR) is 136 cm³/mol. The number of nitrogens with one attached hydrogen (secondary N) is 1. The minimum Gasteiger partial charge on any atom is -0.494 e. The van der Waals surface area contributed by atoms with Crippen LogP contribution in [0.3, 0.4) is 0 Å². The molecular formula is C27H32N2O4S. The third kappa shape index (κ3) is 6.17. The zero-order valence-corrected chi connectivity index (χ0v) is 20.8. The first-order chi connectivity index (χ1) is 16.4. The Morgan fingerprint density at radius 3 is 2.21 bits per heavy atom. The molecule has 1 amide bonds. The van der Waals surface area contributed by atoms with Gasteiger partial charge in [-0.2, -0.15) is 0 Å². The fourth-order valence-corrected chi connectivity index (χ4v) is 5.12. The van der Waals surface area contributed by atoms with Crippen LogP contribution in [-0.4, -0.2) is 27.5 Å². The normalized spacial score (nSPS) is 11.1. The van der Waals surface area contributed by atoms with Crippen molar-refractivity contribution in [3.63, 3.8) is 0 Å². The Morgan fingerprint density at radius 2 is 1.59 bits per heavy atom. The lowest BCUT2D eigenvalue weighted by Crippen LogP contribution is -2.40. The zero-order valence-electron chi connectivity index (χ0n) is 20.0. The van der Waals surface area contributed by atoms with Gasteiger partial charge in [0, 0.05) is 6.54 Å². The first-order valence-corrected chi connectivity index (χ1v) is 13.0. The fraction of sp³-hybridized carbons (Fsp3) is 0.296. The summed E-state index contributed by atoms with van der Waals surface area (Å²) in [6, 6.07) is 21.2. The molecule has 0 aliphatic rings. The molecule has 0 spiro atoms. The number of carbonyl (C=O) groups excluding carboxylic acids is 1. The van der Waals surface area contributed by atoms with Gasteiger partial charge in [0.15, 0.2) is 0 Å². The molecule has 7 heteroatoms. The average molecular weight is 481 g/mol. The predicted octanol–water partition coefficient (Wildman–Crippen LogP) is 4.72. The van der Waals surface area contributed by atoms with Gasteiger partial charge in [0.25, 0.3) is 10.0 Å². The van der Waals surface area contributed by atoms with Gasteiger partial charge in [0.1, 0.15) is 12.3 Å². The van der Waals surface area contributed by atoms with Crippen molar-refractivity contribution in [2.24, 2.45) is 0 Å². The van der Waals surface area contributed by atoms with E-state index in [4.69, 9.17) is 4.74 Å². The summed E-state index contributed by atoms with van der Waals surface area (Å²) in [6.45, 7) is 6.54. The standard InChI is InChI=1S/C27H32N2O4S/c1-4-21-12-13-22(5-2)23(18-21)19-28-27(30)20-29(24-10-8-7-9-11-24)34(31,32)26-16-14-25(15-17-26)33-6-3/h7-18H,4-6,19-20H2,1-3H3,(H,28,30). The summed E-state index contributed by atoms with van der Waals surface area (Å²) >= 11 is 0. The van der Waals surface area contributed by atoms with Gasteiger partial charge < -0.3 is 10.1 Å². The van der Waals surface area contributed by atoms with Crippen molar-refractivity contribution < 1.29 is 17.9 Å². The smallest absolute Gasteiger partial charge is 0.264 e. The largest absolute Gasteiger partial charge is 0.494 e. The van der Waals surface area contributed by atoms with Crippen molar-refractivity contribution in [2.75, 3.05) is 17.5 Å². The molecule has 3 aromatic rings. The molecule has 0 aliphatic heterocycles. The van der Waals surface area contributed by atoms with Crippen molar-refractivity contribution >= 4 is 21.6 Å². The number of ether oxygens (including phenoxy) is 1. The van der Waals surface area contributed by atoms with E-state index in [1.807, 2.05) is 6.92 Å². The van der Waals surface area contributed by atoms with E-state index in [1.54, 1.807) is 42.5 Å². The lowest BCUT2D eigenvalue weighted by atomic mass is 10.0. The summed E-state index contributed by atoms with van der Waals surface area (Å²) in [6.07, 6.45) is 1.77. The van der Waals surface area contributed by atoms with Crippen molar-refractivity contribution in [1.82, 2.24) is 5.32 Å². The number of aryl methyl sites for hydroxylation is 2. The third-order valence-electron chi connectivity index (χ3n) is 5.59. The van der Waals surface area contributed by atoms with Gasteiger partial charge >= 0.3 is 0 Å². The van der Waals surface area contributed by atoms with Gasteiger partial charge in [0.05, 0.1) is 17.2 Å². The number of nitrogens with zero attached hydrogens (tertiary/aromatic N) is 1. The molecule has 0 fully saturated rings. The number of carbonyl (C=O) groups is 1. The molecule has 3 rings (SSSR count). The first-order valence-electron chi connectivity index (χ1n) is 11.6. The van der Waals surface area contributed by atoms with Crippen LogP contribution in [0.2, 0.25) is 0 Å². The monoisotopic (exact) mass is 480 g/mol. The second-order valence-corrected chi connectivity index (χ2v) is 9.70. The highest BCUT2D eigenvalue weighted by Gasteiger charge is 2.27. The number of amides is 1. The zero-order chi connectivity index (χ0) is 24.6. The number of benzene rings is 3. The maximum atomic E-state index is 13.5. The molecule has 0 radical (unpaired) electrons. The van der Waals surface area contributed by atoms with E-state index in [1.165, 1.54) is 23.3 Å². The van der Waals surface area contributed by atoms with E-state index in [0.717, 1.165) is 22.7 Å². The minimum absolute atomic E-state index is 0.0940. The summed E-state index contributed by atoms with van der Waals surface area (Å²) in [4.78, 5) is 13.0. The molecule has 34 heavy (non-hydrogen) atoms. The van der Waals surface area contributed by atoms with Crippen LogP contribution >= 0.6 is 0 Å². The molecule has 1 N–H and O–H groups in total. The van der Waals surface area contributed by atoms with Crippen LogP contribution in [0.5, 0.6) is 5.75 Å². The molecule has 0 saturated heterocycles. The Balaban J connectivity index is 1.82. The fourth-order valence-electron chi connectivity index (χ4n) is 3.70. The van der Waals surface area contributed by atoms with E-state index < -0.39 is 10.0 Å². The Morgan fingerprint density at radius 1 is 0.882 bits per heavy atom. The number of para-hydroxylation sites is 1. The van der Waals surface area contributed by atoms with Crippen molar-refractivity contribution in [2.45, 2.75) is 45.1 Å². The second kappa shape index (κ2) is 11.7. The summed E-state index contributed by atoms with van der Waals surface area (Å²) in [7, 11) is -3.97. The minimum atomic E-state index is -3.97. The van der Waals surface area contributed by atoms with Gasteiger partial charge in [-0.3, -0.25) is 9.10 Å². The highest BCUT2D eigenvalue weighted by atomic mass is 32.2. The highest BCUT2D eigenvalue weighted by molar-refractivity contribution is 7.92. The molecule has 0 bridgehead atoms. The SMILES string of the molecule is CCOc1ccc(S(=O)(=O)N(CC(=O)NCc2cc(CC)ccc2CC)c2ccccc2)cc1. The average Bonchev–Trinajstić information content (AvgIpc) is 2.86. The van der Waals surface area contributed by atoms with Crippen LogP contribution in [0.15, 0.2) is 77.7 Å². The van der Waals surface area contributed by atoms with Crippen molar-refractivity contribution in [1.29, 1.82) is 0 Å². The Labute approximate surface area is 202 Å². The number of anilines is 1. The quantitative estimate of drug-likeness (QED) is 0.431. The molecule has 0 aliphatic carbocycles. The summed E-state index contributed by atoms with van der Waals surface area (Å²) < 4.78 is 33.6. The summed E-state index contributed by atoms with van der Waals surface area (Å²) in [5.74, 6) is 0.216. The summed E-state index contributed by atoms with van der Waals surface area (Å²) in [5, 5.41) is 2.91. The van der Waals surface area contributed by atoms with E-state index in [-0.39, 0.29) is 17.3 Å². The van der Waals surface area contributed by atoms with Crippen LogP contribution in [0.25, 0.3) is 0 Å². The van der Waals surface area contributed by atoms with Crippen molar-refractivity contribution in [3.8, 4) is 5.75 Å². The summed E-state index contributed by atoms with van der Waals surface area (Å²) in [5.41, 5.74) is 3.84. The van der Waals surface area contributed by atoms with E-state index in [2.05, 4.69) is 37.4 Å². The molecule has 0 heterocycles. The lowest BCUT2D eigenvalue weighted by Gasteiger charge is -2.24. The molecule has 180 valence electrons. The van der Waals surface area contributed by atoms with Crippen LogP contribution < -0.4 is 14.4 Å². The highest BCUT2D eigenvalue weighted by Crippen LogP contribution is 2.25. The van der Waals surface area contributed by atoms with Gasteiger partial charge in [-0.15, -0.1) is 0 Å². The second-order valence-electron chi connectivity index (χ2n) is 7.84.